The van der Waals surface area contributed by atoms with E-state index in [1.165, 1.54) is 0 Å². The Hall–Kier alpha value is -0.910. The van der Waals surface area contributed by atoms with Crippen LogP contribution in [0.25, 0.3) is 0 Å². The molecule has 2 atom stereocenters. The fourth-order valence-corrected chi connectivity index (χ4v) is 4.33. The standard InChI is InChI=1S/C15H23NO3S/c1-5-19-14-10-13(15(14,3)4)16-20(17,18)12-9-7-6-8-11(12)2/h6-9,13-14,16H,5,10H2,1-4H3. The van der Waals surface area contributed by atoms with Crippen molar-refractivity contribution in [1.82, 2.24) is 4.72 Å². The van der Waals surface area contributed by atoms with Gasteiger partial charge in [0.15, 0.2) is 0 Å². The first-order valence-corrected chi connectivity index (χ1v) is 8.47. The Kier molecular flexibility index (Phi) is 4.23. The van der Waals surface area contributed by atoms with Crippen LogP contribution in [0.15, 0.2) is 29.2 Å². The van der Waals surface area contributed by atoms with E-state index in [0.29, 0.717) is 11.5 Å². The molecule has 2 unspecified atom stereocenters. The molecule has 20 heavy (non-hydrogen) atoms. The molecule has 0 amide bonds. The molecule has 0 aromatic heterocycles. The summed E-state index contributed by atoms with van der Waals surface area (Å²) < 4.78 is 33.4. The van der Waals surface area contributed by atoms with Crippen LogP contribution in [-0.4, -0.2) is 27.2 Å². The van der Waals surface area contributed by atoms with Crippen LogP contribution < -0.4 is 4.72 Å². The first kappa shape index (κ1) is 15.5. The highest BCUT2D eigenvalue weighted by Crippen LogP contribution is 2.43. The predicted molar refractivity (Wildman–Crippen MR) is 79.1 cm³/mol. The van der Waals surface area contributed by atoms with Crippen molar-refractivity contribution < 1.29 is 13.2 Å². The van der Waals surface area contributed by atoms with Crippen molar-refractivity contribution in [2.24, 2.45) is 5.41 Å². The summed E-state index contributed by atoms with van der Waals surface area (Å²) in [6.07, 6.45) is 0.850. The van der Waals surface area contributed by atoms with Gasteiger partial charge in [0.25, 0.3) is 0 Å². The van der Waals surface area contributed by atoms with E-state index in [-0.39, 0.29) is 17.6 Å². The smallest absolute Gasteiger partial charge is 0.241 e. The molecule has 0 saturated heterocycles. The van der Waals surface area contributed by atoms with Gasteiger partial charge in [-0.2, -0.15) is 0 Å². The zero-order valence-electron chi connectivity index (χ0n) is 12.5. The van der Waals surface area contributed by atoms with Crippen molar-refractivity contribution in [2.45, 2.75) is 51.2 Å². The lowest BCUT2D eigenvalue weighted by molar-refractivity contribution is -0.108. The molecule has 2 rings (SSSR count). The molecule has 0 bridgehead atoms. The summed E-state index contributed by atoms with van der Waals surface area (Å²) in [6, 6.07) is 6.96. The molecule has 1 aliphatic carbocycles. The number of hydrogen-bond acceptors (Lipinski definition) is 3. The average Bonchev–Trinajstić information content (AvgIpc) is 2.38. The lowest BCUT2D eigenvalue weighted by Crippen LogP contribution is -2.61. The Morgan fingerprint density at radius 2 is 2.00 bits per heavy atom. The molecule has 5 heteroatoms. The average molecular weight is 297 g/mol. The first-order chi connectivity index (χ1) is 9.29. The Bertz CT molecular complexity index is 581. The second kappa shape index (κ2) is 5.47. The van der Waals surface area contributed by atoms with Crippen molar-refractivity contribution in [3.05, 3.63) is 29.8 Å². The van der Waals surface area contributed by atoms with E-state index >= 15 is 0 Å². The van der Waals surface area contributed by atoms with E-state index in [1.807, 2.05) is 39.8 Å². The number of hydrogen-bond donors (Lipinski definition) is 1. The van der Waals surface area contributed by atoms with Gasteiger partial charge in [0, 0.05) is 18.1 Å². The summed E-state index contributed by atoms with van der Waals surface area (Å²) >= 11 is 0. The van der Waals surface area contributed by atoms with E-state index in [0.717, 1.165) is 12.0 Å². The van der Waals surface area contributed by atoms with Crippen molar-refractivity contribution in [2.75, 3.05) is 6.61 Å². The molecule has 1 saturated carbocycles. The molecule has 1 fully saturated rings. The topological polar surface area (TPSA) is 55.4 Å². The second-order valence-corrected chi connectivity index (χ2v) is 7.62. The highest BCUT2D eigenvalue weighted by Gasteiger charge is 2.50. The fourth-order valence-electron chi connectivity index (χ4n) is 2.68. The highest BCUT2D eigenvalue weighted by molar-refractivity contribution is 7.89. The molecule has 112 valence electrons. The molecule has 0 heterocycles. The van der Waals surface area contributed by atoms with Crippen LogP contribution in [0.1, 0.15) is 32.8 Å². The molecule has 0 spiro atoms. The Morgan fingerprint density at radius 3 is 2.55 bits per heavy atom. The van der Waals surface area contributed by atoms with E-state index in [9.17, 15) is 8.42 Å². The predicted octanol–water partition coefficient (Wildman–Crippen LogP) is 2.48. The maximum atomic E-state index is 12.5. The Balaban J connectivity index is 2.14. The summed E-state index contributed by atoms with van der Waals surface area (Å²) in [4.78, 5) is 0.357. The third kappa shape index (κ3) is 2.75. The van der Waals surface area contributed by atoms with Gasteiger partial charge >= 0.3 is 0 Å². The quantitative estimate of drug-likeness (QED) is 0.908. The van der Waals surface area contributed by atoms with E-state index in [2.05, 4.69) is 4.72 Å². The number of rotatable bonds is 5. The summed E-state index contributed by atoms with van der Waals surface area (Å²) in [7, 11) is -3.47. The van der Waals surface area contributed by atoms with E-state index in [1.54, 1.807) is 12.1 Å². The summed E-state index contributed by atoms with van der Waals surface area (Å²) in [6.45, 7) is 8.51. The lowest BCUT2D eigenvalue weighted by Gasteiger charge is -2.51. The van der Waals surface area contributed by atoms with Gasteiger partial charge < -0.3 is 4.74 Å². The highest BCUT2D eigenvalue weighted by atomic mass is 32.2. The molecular weight excluding hydrogens is 274 g/mol. The number of benzene rings is 1. The van der Waals surface area contributed by atoms with Gasteiger partial charge in [-0.1, -0.05) is 32.0 Å². The largest absolute Gasteiger partial charge is 0.378 e. The number of nitrogens with one attached hydrogen (secondary N) is 1. The third-order valence-electron chi connectivity index (χ3n) is 4.23. The molecule has 0 aliphatic heterocycles. The van der Waals surface area contributed by atoms with Crippen LogP contribution in [0, 0.1) is 12.3 Å². The van der Waals surface area contributed by atoms with Gasteiger partial charge in [0.05, 0.1) is 11.0 Å². The van der Waals surface area contributed by atoms with Crippen LogP contribution >= 0.6 is 0 Å². The summed E-state index contributed by atoms with van der Waals surface area (Å²) in [5.41, 5.74) is 0.588. The van der Waals surface area contributed by atoms with Crippen LogP contribution in [0.3, 0.4) is 0 Å². The Labute approximate surface area is 121 Å². The monoisotopic (exact) mass is 297 g/mol. The minimum Gasteiger partial charge on any atom is -0.378 e. The minimum absolute atomic E-state index is 0.0799. The number of ether oxygens (including phenoxy) is 1. The van der Waals surface area contributed by atoms with Crippen LogP contribution in [-0.2, 0) is 14.8 Å². The van der Waals surface area contributed by atoms with Gasteiger partial charge in [0.2, 0.25) is 10.0 Å². The zero-order chi connectivity index (χ0) is 15.0. The van der Waals surface area contributed by atoms with Gasteiger partial charge in [0.1, 0.15) is 0 Å². The van der Waals surface area contributed by atoms with Crippen molar-refractivity contribution >= 4 is 10.0 Å². The molecule has 0 radical (unpaired) electrons. The molecule has 4 nitrogen and oxygen atoms in total. The zero-order valence-corrected chi connectivity index (χ0v) is 13.3. The van der Waals surface area contributed by atoms with E-state index < -0.39 is 10.0 Å². The molecule has 1 aliphatic rings. The summed E-state index contributed by atoms with van der Waals surface area (Å²) in [5, 5.41) is 0. The van der Waals surface area contributed by atoms with Crippen LogP contribution in [0.5, 0.6) is 0 Å². The van der Waals surface area contributed by atoms with Crippen LogP contribution in [0.4, 0.5) is 0 Å². The molecule has 1 aromatic rings. The number of sulfonamides is 1. The van der Waals surface area contributed by atoms with Gasteiger partial charge in [-0.05, 0) is 31.9 Å². The third-order valence-corrected chi connectivity index (χ3v) is 5.86. The fraction of sp³-hybridized carbons (Fsp3) is 0.600. The van der Waals surface area contributed by atoms with Crippen molar-refractivity contribution in [3.8, 4) is 0 Å². The van der Waals surface area contributed by atoms with Crippen LogP contribution in [0.2, 0.25) is 0 Å². The SMILES string of the molecule is CCOC1CC(NS(=O)(=O)c2ccccc2C)C1(C)C. The van der Waals surface area contributed by atoms with Gasteiger partial charge in [-0.15, -0.1) is 0 Å². The summed E-state index contributed by atoms with van der Waals surface area (Å²) in [5.74, 6) is 0. The molecule has 1 N–H and O–H groups in total. The van der Waals surface area contributed by atoms with Crippen molar-refractivity contribution in [3.63, 3.8) is 0 Å². The normalized spacial score (nSPS) is 25.2. The number of aryl methyl sites for hydroxylation is 1. The van der Waals surface area contributed by atoms with E-state index in [4.69, 9.17) is 4.74 Å². The lowest BCUT2D eigenvalue weighted by atomic mass is 9.65. The maximum absolute atomic E-state index is 12.5. The molecule has 1 aromatic carbocycles. The second-order valence-electron chi connectivity index (χ2n) is 5.94. The Morgan fingerprint density at radius 1 is 1.35 bits per heavy atom. The van der Waals surface area contributed by atoms with Crippen molar-refractivity contribution in [1.29, 1.82) is 0 Å². The molecular formula is C15H23NO3S. The first-order valence-electron chi connectivity index (χ1n) is 6.98. The van der Waals surface area contributed by atoms with Gasteiger partial charge in [-0.25, -0.2) is 13.1 Å². The van der Waals surface area contributed by atoms with Gasteiger partial charge in [-0.3, -0.25) is 0 Å². The minimum atomic E-state index is -3.47. The maximum Gasteiger partial charge on any atom is 0.241 e.